The molecule has 1 N–H and O–H groups in total. The SMILES string of the molecule is COc1ccc(C(=O)O)cc1Oc1nc(C)cc(C#N)n1. The van der Waals surface area contributed by atoms with Crippen LogP contribution in [0.2, 0.25) is 0 Å². The van der Waals surface area contributed by atoms with Crippen molar-refractivity contribution in [3.8, 4) is 23.6 Å². The molecule has 1 aromatic carbocycles. The Morgan fingerprint density at radius 1 is 1.29 bits per heavy atom. The number of aromatic nitrogens is 2. The lowest BCUT2D eigenvalue weighted by Crippen LogP contribution is -2.01. The van der Waals surface area contributed by atoms with E-state index in [-0.39, 0.29) is 23.0 Å². The molecular weight excluding hydrogens is 274 g/mol. The van der Waals surface area contributed by atoms with E-state index in [1.165, 1.54) is 31.4 Å². The number of benzene rings is 1. The van der Waals surface area contributed by atoms with Crippen LogP contribution >= 0.6 is 0 Å². The van der Waals surface area contributed by atoms with Crippen LogP contribution in [0.4, 0.5) is 0 Å². The Morgan fingerprint density at radius 3 is 2.67 bits per heavy atom. The van der Waals surface area contributed by atoms with Gasteiger partial charge in [-0.2, -0.15) is 10.2 Å². The summed E-state index contributed by atoms with van der Waals surface area (Å²) in [4.78, 5) is 18.9. The van der Waals surface area contributed by atoms with Gasteiger partial charge in [0.15, 0.2) is 11.5 Å². The molecule has 0 amide bonds. The van der Waals surface area contributed by atoms with Crippen molar-refractivity contribution < 1.29 is 19.4 Å². The number of ether oxygens (including phenoxy) is 2. The van der Waals surface area contributed by atoms with Gasteiger partial charge in [0.25, 0.3) is 0 Å². The Balaban J connectivity index is 2.43. The van der Waals surface area contributed by atoms with Crippen molar-refractivity contribution in [2.75, 3.05) is 7.11 Å². The van der Waals surface area contributed by atoms with E-state index in [0.717, 1.165) is 0 Å². The molecule has 1 heterocycles. The van der Waals surface area contributed by atoms with E-state index >= 15 is 0 Å². The van der Waals surface area contributed by atoms with Crippen molar-refractivity contribution in [1.82, 2.24) is 9.97 Å². The van der Waals surface area contributed by atoms with Gasteiger partial charge in [-0.25, -0.2) is 9.78 Å². The third-order valence-corrected chi connectivity index (χ3v) is 2.56. The lowest BCUT2D eigenvalue weighted by molar-refractivity contribution is 0.0696. The van der Waals surface area contributed by atoms with Crippen LogP contribution < -0.4 is 9.47 Å². The van der Waals surface area contributed by atoms with Crippen molar-refractivity contribution in [3.63, 3.8) is 0 Å². The second-order valence-electron chi connectivity index (χ2n) is 4.06. The van der Waals surface area contributed by atoms with Gasteiger partial charge in [0.1, 0.15) is 11.8 Å². The van der Waals surface area contributed by atoms with Gasteiger partial charge >= 0.3 is 12.0 Å². The number of rotatable bonds is 4. The summed E-state index contributed by atoms with van der Waals surface area (Å²) in [7, 11) is 1.43. The van der Waals surface area contributed by atoms with Crippen LogP contribution in [0.25, 0.3) is 0 Å². The maximum Gasteiger partial charge on any atom is 0.335 e. The average molecular weight is 285 g/mol. The normalized spacial score (nSPS) is 9.76. The highest BCUT2D eigenvalue weighted by Crippen LogP contribution is 2.31. The monoisotopic (exact) mass is 285 g/mol. The number of carboxylic acids is 1. The quantitative estimate of drug-likeness (QED) is 0.917. The number of aryl methyl sites for hydroxylation is 1. The second-order valence-corrected chi connectivity index (χ2v) is 4.06. The Morgan fingerprint density at radius 2 is 2.05 bits per heavy atom. The van der Waals surface area contributed by atoms with Crippen molar-refractivity contribution >= 4 is 5.97 Å². The Labute approximate surface area is 120 Å². The van der Waals surface area contributed by atoms with Crippen LogP contribution in [0.1, 0.15) is 21.7 Å². The first-order chi connectivity index (χ1) is 10.0. The van der Waals surface area contributed by atoms with Gasteiger partial charge in [-0.3, -0.25) is 0 Å². The van der Waals surface area contributed by atoms with Gasteiger partial charge in [-0.15, -0.1) is 0 Å². The number of methoxy groups -OCH3 is 1. The van der Waals surface area contributed by atoms with E-state index in [4.69, 9.17) is 19.8 Å². The summed E-state index contributed by atoms with van der Waals surface area (Å²) in [5.74, 6) is -0.596. The highest BCUT2D eigenvalue weighted by molar-refractivity contribution is 5.88. The van der Waals surface area contributed by atoms with E-state index in [1.54, 1.807) is 6.92 Å². The summed E-state index contributed by atoms with van der Waals surface area (Å²) in [6.07, 6.45) is 0. The molecule has 106 valence electrons. The molecule has 0 bridgehead atoms. The Hall–Kier alpha value is -3.14. The van der Waals surface area contributed by atoms with Crippen LogP contribution in [0, 0.1) is 18.3 Å². The zero-order valence-electron chi connectivity index (χ0n) is 11.3. The second kappa shape index (κ2) is 5.88. The molecule has 0 aliphatic heterocycles. The van der Waals surface area contributed by atoms with E-state index in [9.17, 15) is 4.79 Å². The molecule has 7 nitrogen and oxygen atoms in total. The smallest absolute Gasteiger partial charge is 0.335 e. The lowest BCUT2D eigenvalue weighted by Gasteiger charge is -2.10. The predicted octanol–water partition coefficient (Wildman–Crippen LogP) is 2.16. The molecule has 7 heteroatoms. The Bertz CT molecular complexity index is 737. The minimum Gasteiger partial charge on any atom is -0.493 e. The predicted molar refractivity (Wildman–Crippen MR) is 71.5 cm³/mol. The van der Waals surface area contributed by atoms with E-state index < -0.39 is 5.97 Å². The van der Waals surface area contributed by atoms with E-state index in [2.05, 4.69) is 9.97 Å². The zero-order chi connectivity index (χ0) is 15.4. The summed E-state index contributed by atoms with van der Waals surface area (Å²) < 4.78 is 10.6. The van der Waals surface area contributed by atoms with Gasteiger partial charge in [-0.1, -0.05) is 0 Å². The topological polar surface area (TPSA) is 105 Å². The van der Waals surface area contributed by atoms with Gasteiger partial charge in [0.2, 0.25) is 0 Å². The van der Waals surface area contributed by atoms with Crippen LogP contribution in [0.15, 0.2) is 24.3 Å². The molecule has 0 aliphatic carbocycles. The van der Waals surface area contributed by atoms with Gasteiger partial charge < -0.3 is 14.6 Å². The van der Waals surface area contributed by atoms with E-state index in [1.807, 2.05) is 6.07 Å². The van der Waals surface area contributed by atoms with Crippen LogP contribution in [0.3, 0.4) is 0 Å². The summed E-state index contributed by atoms with van der Waals surface area (Å²) in [5.41, 5.74) is 0.759. The summed E-state index contributed by atoms with van der Waals surface area (Å²) in [5, 5.41) is 17.9. The van der Waals surface area contributed by atoms with Gasteiger partial charge in [-0.05, 0) is 31.2 Å². The number of hydrogen-bond acceptors (Lipinski definition) is 6. The molecule has 0 radical (unpaired) electrons. The standard InChI is InChI=1S/C14H11N3O4/c1-8-5-10(7-15)17-14(16-8)21-12-6-9(13(18)19)3-4-11(12)20-2/h3-6H,1-2H3,(H,18,19). The summed E-state index contributed by atoms with van der Waals surface area (Å²) in [6.45, 7) is 1.69. The summed E-state index contributed by atoms with van der Waals surface area (Å²) >= 11 is 0. The average Bonchev–Trinajstić information content (AvgIpc) is 2.46. The van der Waals surface area contributed by atoms with Crippen LogP contribution in [-0.2, 0) is 0 Å². The molecule has 0 aliphatic rings. The number of nitriles is 1. The third kappa shape index (κ3) is 3.25. The first-order valence-electron chi connectivity index (χ1n) is 5.88. The highest BCUT2D eigenvalue weighted by atomic mass is 16.5. The fourth-order valence-electron chi connectivity index (χ4n) is 1.63. The Kier molecular flexibility index (Phi) is 4.00. The number of aromatic carboxylic acids is 1. The maximum atomic E-state index is 11.0. The molecular formula is C14H11N3O4. The zero-order valence-corrected chi connectivity index (χ0v) is 11.3. The molecule has 2 aromatic rings. The van der Waals surface area contributed by atoms with Crippen molar-refractivity contribution in [2.45, 2.75) is 6.92 Å². The molecule has 0 saturated carbocycles. The minimum atomic E-state index is -1.09. The van der Waals surface area contributed by atoms with Crippen LogP contribution in [0.5, 0.6) is 17.5 Å². The number of hydrogen-bond donors (Lipinski definition) is 1. The van der Waals surface area contributed by atoms with Crippen molar-refractivity contribution in [3.05, 3.63) is 41.2 Å². The number of nitrogens with zero attached hydrogens (tertiary/aromatic N) is 3. The number of carbonyl (C=O) groups is 1. The molecule has 0 unspecified atom stereocenters. The van der Waals surface area contributed by atoms with Crippen molar-refractivity contribution in [1.29, 1.82) is 5.26 Å². The van der Waals surface area contributed by atoms with Gasteiger partial charge in [0, 0.05) is 5.69 Å². The fraction of sp³-hybridized carbons (Fsp3) is 0.143. The molecule has 0 spiro atoms. The first-order valence-corrected chi connectivity index (χ1v) is 5.88. The molecule has 0 fully saturated rings. The molecule has 0 atom stereocenters. The molecule has 0 saturated heterocycles. The lowest BCUT2D eigenvalue weighted by atomic mass is 10.2. The molecule has 2 rings (SSSR count). The van der Waals surface area contributed by atoms with Crippen LogP contribution in [-0.4, -0.2) is 28.2 Å². The van der Waals surface area contributed by atoms with Crippen molar-refractivity contribution in [2.24, 2.45) is 0 Å². The maximum absolute atomic E-state index is 11.0. The highest BCUT2D eigenvalue weighted by Gasteiger charge is 2.13. The van der Waals surface area contributed by atoms with Gasteiger partial charge in [0.05, 0.1) is 12.7 Å². The number of carboxylic acid groups (broad SMARTS) is 1. The summed E-state index contributed by atoms with van der Waals surface area (Å²) in [6, 6.07) is 7.53. The van der Waals surface area contributed by atoms with E-state index in [0.29, 0.717) is 11.4 Å². The fourth-order valence-corrected chi connectivity index (χ4v) is 1.63. The largest absolute Gasteiger partial charge is 0.493 e. The molecule has 1 aromatic heterocycles. The minimum absolute atomic E-state index is 0.0407. The third-order valence-electron chi connectivity index (χ3n) is 2.56. The molecule has 21 heavy (non-hydrogen) atoms. The first kappa shape index (κ1) is 14.3.